The molecule has 0 spiro atoms. The Bertz CT molecular complexity index is 1090. The van der Waals surface area contributed by atoms with Crippen molar-refractivity contribution in [2.45, 2.75) is 37.6 Å². The normalized spacial score (nSPS) is 12.2. The van der Waals surface area contributed by atoms with Crippen LogP contribution >= 0.6 is 0 Å². The van der Waals surface area contributed by atoms with E-state index < -0.39 is 10.0 Å². The van der Waals surface area contributed by atoms with Crippen LogP contribution < -0.4 is 10.0 Å². The van der Waals surface area contributed by atoms with E-state index in [1.54, 1.807) is 48.5 Å². The highest BCUT2D eigenvalue weighted by Crippen LogP contribution is 2.18. The molecule has 3 rings (SSSR count). The first-order chi connectivity index (χ1) is 14.3. The van der Waals surface area contributed by atoms with Crippen molar-refractivity contribution < 1.29 is 13.2 Å². The summed E-state index contributed by atoms with van der Waals surface area (Å²) in [5.74, 6) is -0.230. The fourth-order valence-electron chi connectivity index (χ4n) is 3.06. The SMILES string of the molecule is Cc1ccc(S(=O)(=O)Nc2cccc(C(=O)N[C@H](C)CCc3ccccc3)c2)cc1. The Morgan fingerprint density at radius 1 is 0.933 bits per heavy atom. The highest BCUT2D eigenvalue weighted by Gasteiger charge is 2.15. The minimum absolute atomic E-state index is 0.00869. The molecule has 5 nitrogen and oxygen atoms in total. The van der Waals surface area contributed by atoms with Gasteiger partial charge in [0.15, 0.2) is 0 Å². The zero-order valence-electron chi connectivity index (χ0n) is 17.1. The molecule has 0 aromatic heterocycles. The summed E-state index contributed by atoms with van der Waals surface area (Å²) < 4.78 is 27.7. The Kier molecular flexibility index (Phi) is 6.90. The molecule has 0 aliphatic rings. The van der Waals surface area contributed by atoms with Crippen molar-refractivity contribution in [2.75, 3.05) is 4.72 Å². The molecule has 1 amide bonds. The second-order valence-corrected chi connectivity index (χ2v) is 9.08. The van der Waals surface area contributed by atoms with Gasteiger partial charge in [0.05, 0.1) is 4.90 Å². The fourth-order valence-corrected chi connectivity index (χ4v) is 4.11. The maximum absolute atomic E-state index is 12.6. The number of carbonyl (C=O) groups is 1. The Balaban J connectivity index is 1.62. The van der Waals surface area contributed by atoms with Gasteiger partial charge in [0.2, 0.25) is 0 Å². The van der Waals surface area contributed by atoms with Crippen LogP contribution in [-0.2, 0) is 16.4 Å². The maximum atomic E-state index is 12.6. The molecule has 6 heteroatoms. The summed E-state index contributed by atoms with van der Waals surface area (Å²) in [4.78, 5) is 12.8. The zero-order chi connectivity index (χ0) is 21.6. The van der Waals surface area contributed by atoms with Gasteiger partial charge < -0.3 is 5.32 Å². The van der Waals surface area contributed by atoms with E-state index in [9.17, 15) is 13.2 Å². The van der Waals surface area contributed by atoms with Gasteiger partial charge in [-0.15, -0.1) is 0 Å². The number of hydrogen-bond donors (Lipinski definition) is 2. The summed E-state index contributed by atoms with van der Waals surface area (Å²) in [5.41, 5.74) is 2.96. The molecule has 3 aromatic rings. The number of anilines is 1. The zero-order valence-corrected chi connectivity index (χ0v) is 17.9. The summed E-state index contributed by atoms with van der Waals surface area (Å²) in [6.45, 7) is 3.86. The van der Waals surface area contributed by atoms with Crippen LogP contribution in [0.15, 0.2) is 83.8 Å². The molecule has 0 heterocycles. The van der Waals surface area contributed by atoms with E-state index >= 15 is 0 Å². The molecule has 1 atom stereocenters. The highest BCUT2D eigenvalue weighted by molar-refractivity contribution is 7.92. The Hall–Kier alpha value is -3.12. The topological polar surface area (TPSA) is 75.3 Å². The number of nitrogens with one attached hydrogen (secondary N) is 2. The lowest BCUT2D eigenvalue weighted by atomic mass is 10.1. The average molecular weight is 423 g/mol. The molecule has 3 aromatic carbocycles. The molecule has 0 aliphatic heterocycles. The van der Waals surface area contributed by atoms with Gasteiger partial charge in [0, 0.05) is 17.3 Å². The molecular weight excluding hydrogens is 396 g/mol. The minimum atomic E-state index is -3.72. The molecule has 30 heavy (non-hydrogen) atoms. The van der Waals surface area contributed by atoms with Crippen molar-refractivity contribution in [1.82, 2.24) is 5.32 Å². The first kappa shape index (κ1) is 21.6. The van der Waals surface area contributed by atoms with E-state index in [1.807, 2.05) is 32.0 Å². The van der Waals surface area contributed by atoms with Crippen LogP contribution in [0.25, 0.3) is 0 Å². The molecule has 156 valence electrons. The molecule has 0 radical (unpaired) electrons. The van der Waals surface area contributed by atoms with Crippen molar-refractivity contribution in [1.29, 1.82) is 0 Å². The van der Waals surface area contributed by atoms with Crippen LogP contribution in [-0.4, -0.2) is 20.4 Å². The summed E-state index contributed by atoms with van der Waals surface area (Å²) >= 11 is 0. The van der Waals surface area contributed by atoms with Gasteiger partial charge in [-0.25, -0.2) is 8.42 Å². The van der Waals surface area contributed by atoms with Gasteiger partial charge in [-0.05, 0) is 62.6 Å². The van der Waals surface area contributed by atoms with Gasteiger partial charge in [-0.2, -0.15) is 0 Å². The molecule has 0 bridgehead atoms. The van der Waals surface area contributed by atoms with Crippen LogP contribution in [0.4, 0.5) is 5.69 Å². The second-order valence-electron chi connectivity index (χ2n) is 7.40. The molecule has 0 saturated heterocycles. The fraction of sp³-hybridized carbons (Fsp3) is 0.208. The van der Waals surface area contributed by atoms with Crippen LogP contribution in [0.5, 0.6) is 0 Å². The number of amides is 1. The lowest BCUT2D eigenvalue weighted by Gasteiger charge is -2.15. The number of carbonyl (C=O) groups excluding carboxylic acids is 1. The third-order valence-electron chi connectivity index (χ3n) is 4.79. The lowest BCUT2D eigenvalue weighted by molar-refractivity contribution is 0.0938. The third kappa shape index (κ3) is 5.94. The van der Waals surface area contributed by atoms with E-state index in [0.717, 1.165) is 18.4 Å². The first-order valence-electron chi connectivity index (χ1n) is 9.88. The third-order valence-corrected chi connectivity index (χ3v) is 6.19. The quantitative estimate of drug-likeness (QED) is 0.559. The van der Waals surface area contributed by atoms with Crippen LogP contribution in [0.2, 0.25) is 0 Å². The van der Waals surface area contributed by atoms with Crippen molar-refractivity contribution in [3.63, 3.8) is 0 Å². The molecule has 0 aliphatic carbocycles. The van der Waals surface area contributed by atoms with E-state index in [0.29, 0.717) is 11.3 Å². The largest absolute Gasteiger partial charge is 0.350 e. The molecule has 0 fully saturated rings. The van der Waals surface area contributed by atoms with Crippen molar-refractivity contribution in [2.24, 2.45) is 0 Å². The van der Waals surface area contributed by atoms with Gasteiger partial charge >= 0.3 is 0 Å². The maximum Gasteiger partial charge on any atom is 0.261 e. The Labute approximate surface area is 178 Å². The number of sulfonamides is 1. The standard InChI is InChI=1S/C24H26N2O3S/c1-18-11-15-23(16-12-18)30(28,29)26-22-10-6-9-21(17-22)24(27)25-19(2)13-14-20-7-4-3-5-8-20/h3-12,15-17,19,26H,13-14H2,1-2H3,(H,25,27)/t19-/m1/s1. The van der Waals surface area contributed by atoms with Crippen molar-refractivity contribution in [3.8, 4) is 0 Å². The van der Waals surface area contributed by atoms with Crippen molar-refractivity contribution in [3.05, 3.63) is 95.6 Å². The average Bonchev–Trinajstić information content (AvgIpc) is 2.73. The van der Waals surface area contributed by atoms with Gasteiger partial charge in [-0.3, -0.25) is 9.52 Å². The van der Waals surface area contributed by atoms with Crippen LogP contribution in [0.1, 0.15) is 34.8 Å². The predicted octanol–water partition coefficient (Wildman–Crippen LogP) is 4.55. The smallest absolute Gasteiger partial charge is 0.261 e. The lowest BCUT2D eigenvalue weighted by Crippen LogP contribution is -2.32. The summed E-state index contributed by atoms with van der Waals surface area (Å²) in [6.07, 6.45) is 1.69. The number of aryl methyl sites for hydroxylation is 2. The summed E-state index contributed by atoms with van der Waals surface area (Å²) in [6, 6.07) is 23.2. The van der Waals surface area contributed by atoms with Crippen molar-refractivity contribution >= 4 is 21.6 Å². The monoisotopic (exact) mass is 422 g/mol. The van der Waals surface area contributed by atoms with Crippen LogP contribution in [0.3, 0.4) is 0 Å². The van der Waals surface area contributed by atoms with E-state index in [4.69, 9.17) is 0 Å². The minimum Gasteiger partial charge on any atom is -0.350 e. The number of hydrogen-bond acceptors (Lipinski definition) is 3. The second kappa shape index (κ2) is 9.59. The summed E-state index contributed by atoms with van der Waals surface area (Å²) in [5, 5.41) is 2.98. The number of benzene rings is 3. The van der Waals surface area contributed by atoms with Crippen LogP contribution in [0, 0.1) is 6.92 Å². The summed E-state index contributed by atoms with van der Waals surface area (Å²) in [7, 11) is -3.72. The molecular formula is C24H26N2O3S. The van der Waals surface area contributed by atoms with E-state index in [1.165, 1.54) is 5.56 Å². The highest BCUT2D eigenvalue weighted by atomic mass is 32.2. The molecule has 0 unspecified atom stereocenters. The Morgan fingerprint density at radius 2 is 1.63 bits per heavy atom. The Morgan fingerprint density at radius 3 is 2.33 bits per heavy atom. The van der Waals surface area contributed by atoms with Gasteiger partial charge in [0.25, 0.3) is 15.9 Å². The predicted molar refractivity (Wildman–Crippen MR) is 120 cm³/mol. The van der Waals surface area contributed by atoms with E-state index in [-0.39, 0.29) is 16.8 Å². The molecule has 2 N–H and O–H groups in total. The van der Waals surface area contributed by atoms with Gasteiger partial charge in [0.1, 0.15) is 0 Å². The van der Waals surface area contributed by atoms with Gasteiger partial charge in [-0.1, -0.05) is 54.1 Å². The first-order valence-corrected chi connectivity index (χ1v) is 11.4. The number of rotatable bonds is 8. The van der Waals surface area contributed by atoms with E-state index in [2.05, 4.69) is 22.2 Å². The molecule has 0 saturated carbocycles.